The second kappa shape index (κ2) is 5.65. The third kappa shape index (κ3) is 2.54. The summed E-state index contributed by atoms with van der Waals surface area (Å²) in [5.41, 5.74) is 4.48. The number of aromatic nitrogens is 4. The van der Waals surface area contributed by atoms with Gasteiger partial charge in [-0.15, -0.1) is 10.2 Å². The highest BCUT2D eigenvalue weighted by atomic mass is 32.1. The monoisotopic (exact) mass is 299 g/mol. The van der Waals surface area contributed by atoms with E-state index in [1.165, 1.54) is 16.9 Å². The van der Waals surface area contributed by atoms with E-state index in [2.05, 4.69) is 58.7 Å². The predicted molar refractivity (Wildman–Crippen MR) is 86.1 cm³/mol. The lowest BCUT2D eigenvalue weighted by Gasteiger charge is -2.05. The van der Waals surface area contributed by atoms with E-state index in [1.54, 1.807) is 0 Å². The van der Waals surface area contributed by atoms with Gasteiger partial charge in [0.05, 0.1) is 23.1 Å². The van der Waals surface area contributed by atoms with Crippen molar-refractivity contribution in [2.45, 2.75) is 20.3 Å². The molecule has 0 fully saturated rings. The maximum absolute atomic E-state index is 4.49. The SMILES string of the molecule is CCc1ccc(-n2ncc(-c3nnc(NC)s3)c2C)cc1. The van der Waals surface area contributed by atoms with Crippen LogP contribution in [-0.2, 0) is 6.42 Å². The van der Waals surface area contributed by atoms with Crippen LogP contribution >= 0.6 is 11.3 Å². The fraction of sp³-hybridized carbons (Fsp3) is 0.267. The molecule has 1 N–H and O–H groups in total. The van der Waals surface area contributed by atoms with E-state index in [-0.39, 0.29) is 0 Å². The van der Waals surface area contributed by atoms with E-state index in [9.17, 15) is 0 Å². The molecule has 0 aliphatic rings. The Morgan fingerprint density at radius 2 is 1.95 bits per heavy atom. The Labute approximate surface area is 127 Å². The Morgan fingerprint density at radius 1 is 1.19 bits per heavy atom. The highest BCUT2D eigenvalue weighted by Crippen LogP contribution is 2.29. The number of anilines is 1. The summed E-state index contributed by atoms with van der Waals surface area (Å²) < 4.78 is 1.94. The molecule has 0 aliphatic heterocycles. The van der Waals surface area contributed by atoms with Crippen LogP contribution < -0.4 is 5.32 Å². The molecule has 5 nitrogen and oxygen atoms in total. The van der Waals surface area contributed by atoms with Gasteiger partial charge in [-0.05, 0) is 31.0 Å². The van der Waals surface area contributed by atoms with Crippen LogP contribution in [0.5, 0.6) is 0 Å². The minimum absolute atomic E-state index is 0.810. The van der Waals surface area contributed by atoms with E-state index < -0.39 is 0 Å². The van der Waals surface area contributed by atoms with Crippen molar-refractivity contribution in [3.8, 4) is 16.3 Å². The summed E-state index contributed by atoms with van der Waals surface area (Å²) in [4.78, 5) is 0. The number of hydrogen-bond donors (Lipinski definition) is 1. The van der Waals surface area contributed by atoms with Crippen LogP contribution in [0.1, 0.15) is 18.2 Å². The van der Waals surface area contributed by atoms with Gasteiger partial charge in [0.15, 0.2) is 5.01 Å². The zero-order valence-electron chi connectivity index (χ0n) is 12.3. The maximum Gasteiger partial charge on any atom is 0.205 e. The first kappa shape index (κ1) is 13.8. The average Bonchev–Trinajstić information content (AvgIpc) is 3.13. The van der Waals surface area contributed by atoms with E-state index in [1.807, 2.05) is 17.9 Å². The zero-order valence-corrected chi connectivity index (χ0v) is 13.1. The Bertz CT molecular complexity index is 742. The van der Waals surface area contributed by atoms with Gasteiger partial charge in [0, 0.05) is 7.05 Å². The lowest BCUT2D eigenvalue weighted by atomic mass is 10.1. The number of nitrogens with zero attached hydrogens (tertiary/aromatic N) is 4. The molecule has 3 rings (SSSR count). The minimum Gasteiger partial charge on any atom is -0.363 e. The summed E-state index contributed by atoms with van der Waals surface area (Å²) in [5, 5.41) is 17.5. The first-order chi connectivity index (χ1) is 10.2. The third-order valence-corrected chi connectivity index (χ3v) is 4.44. The molecule has 0 radical (unpaired) electrons. The van der Waals surface area contributed by atoms with Crippen molar-refractivity contribution in [2.24, 2.45) is 0 Å². The van der Waals surface area contributed by atoms with Crippen molar-refractivity contribution < 1.29 is 0 Å². The molecule has 3 aromatic rings. The van der Waals surface area contributed by atoms with Crippen LogP contribution in [0.4, 0.5) is 5.13 Å². The summed E-state index contributed by atoms with van der Waals surface area (Å²) in [6.45, 7) is 4.21. The number of hydrogen-bond acceptors (Lipinski definition) is 5. The van der Waals surface area contributed by atoms with Crippen LogP contribution in [0.3, 0.4) is 0 Å². The molecule has 0 atom stereocenters. The van der Waals surface area contributed by atoms with Crippen LogP contribution in [0, 0.1) is 6.92 Å². The van der Waals surface area contributed by atoms with E-state index in [0.717, 1.165) is 33.5 Å². The Hall–Kier alpha value is -2.21. The highest BCUT2D eigenvalue weighted by molar-refractivity contribution is 7.18. The van der Waals surface area contributed by atoms with Gasteiger partial charge < -0.3 is 5.32 Å². The Kier molecular flexibility index (Phi) is 3.70. The summed E-state index contributed by atoms with van der Waals surface area (Å²) >= 11 is 1.53. The Balaban J connectivity index is 1.97. The molecule has 2 aromatic heterocycles. The maximum atomic E-state index is 4.49. The van der Waals surface area contributed by atoms with Crippen LogP contribution in [0.25, 0.3) is 16.3 Å². The Morgan fingerprint density at radius 3 is 2.57 bits per heavy atom. The van der Waals surface area contributed by atoms with Gasteiger partial charge in [-0.3, -0.25) is 0 Å². The quantitative estimate of drug-likeness (QED) is 0.803. The molecule has 0 spiro atoms. The fourth-order valence-corrected chi connectivity index (χ4v) is 2.94. The van der Waals surface area contributed by atoms with Crippen LogP contribution in [0.2, 0.25) is 0 Å². The van der Waals surface area contributed by atoms with Gasteiger partial charge in [-0.1, -0.05) is 30.4 Å². The number of nitrogens with one attached hydrogen (secondary N) is 1. The highest BCUT2D eigenvalue weighted by Gasteiger charge is 2.14. The van der Waals surface area contributed by atoms with Gasteiger partial charge in [-0.2, -0.15) is 5.10 Å². The number of benzene rings is 1. The minimum atomic E-state index is 0.810. The van der Waals surface area contributed by atoms with Gasteiger partial charge in [0.1, 0.15) is 0 Å². The van der Waals surface area contributed by atoms with Crippen molar-refractivity contribution in [1.29, 1.82) is 0 Å². The zero-order chi connectivity index (χ0) is 14.8. The molecule has 0 aliphatic carbocycles. The topological polar surface area (TPSA) is 55.6 Å². The molecule has 6 heteroatoms. The third-order valence-electron chi connectivity index (χ3n) is 3.47. The standard InChI is InChI=1S/C15H17N5S/c1-4-11-5-7-12(8-6-11)20-10(2)13(9-17-20)14-18-19-15(16-3)21-14/h5-9H,4H2,1-3H3,(H,16,19). The fourth-order valence-electron chi connectivity index (χ4n) is 2.19. The molecule has 1 aromatic carbocycles. The molecule has 108 valence electrons. The van der Waals surface area contributed by atoms with Gasteiger partial charge in [0.2, 0.25) is 5.13 Å². The molecular formula is C15H17N5S. The molecule has 0 saturated heterocycles. The molecule has 0 unspecified atom stereocenters. The van der Waals surface area contributed by atoms with Crippen molar-refractivity contribution >= 4 is 16.5 Å². The predicted octanol–water partition coefficient (Wildman–Crippen LogP) is 3.30. The van der Waals surface area contributed by atoms with Gasteiger partial charge >= 0.3 is 0 Å². The van der Waals surface area contributed by atoms with Gasteiger partial charge in [-0.25, -0.2) is 4.68 Å². The van der Waals surface area contributed by atoms with Crippen LogP contribution in [0.15, 0.2) is 30.5 Å². The summed E-state index contributed by atoms with van der Waals surface area (Å²) in [5.74, 6) is 0. The second-order valence-electron chi connectivity index (χ2n) is 4.74. The van der Waals surface area contributed by atoms with E-state index in [0.29, 0.717) is 0 Å². The summed E-state index contributed by atoms with van der Waals surface area (Å²) in [7, 11) is 1.84. The summed E-state index contributed by atoms with van der Waals surface area (Å²) in [6.07, 6.45) is 2.89. The smallest absolute Gasteiger partial charge is 0.205 e. The lowest BCUT2D eigenvalue weighted by molar-refractivity contribution is 0.846. The first-order valence-electron chi connectivity index (χ1n) is 6.88. The van der Waals surface area contributed by atoms with Gasteiger partial charge in [0.25, 0.3) is 0 Å². The number of rotatable bonds is 4. The molecule has 21 heavy (non-hydrogen) atoms. The van der Waals surface area contributed by atoms with Crippen LogP contribution in [-0.4, -0.2) is 27.0 Å². The second-order valence-corrected chi connectivity index (χ2v) is 5.72. The van der Waals surface area contributed by atoms with Crippen molar-refractivity contribution in [1.82, 2.24) is 20.0 Å². The first-order valence-corrected chi connectivity index (χ1v) is 7.70. The molecule has 0 bridgehead atoms. The van der Waals surface area contributed by atoms with Crippen molar-refractivity contribution in [2.75, 3.05) is 12.4 Å². The number of aryl methyl sites for hydroxylation is 1. The molecule has 2 heterocycles. The molecular weight excluding hydrogens is 282 g/mol. The van der Waals surface area contributed by atoms with Crippen molar-refractivity contribution in [3.63, 3.8) is 0 Å². The molecule has 0 saturated carbocycles. The normalized spacial score (nSPS) is 10.8. The van der Waals surface area contributed by atoms with E-state index >= 15 is 0 Å². The van der Waals surface area contributed by atoms with E-state index in [4.69, 9.17) is 0 Å². The summed E-state index contributed by atoms with van der Waals surface area (Å²) in [6, 6.07) is 8.48. The van der Waals surface area contributed by atoms with Crippen molar-refractivity contribution in [3.05, 3.63) is 41.7 Å². The molecule has 0 amide bonds. The average molecular weight is 299 g/mol. The lowest BCUT2D eigenvalue weighted by Crippen LogP contribution is -1.99. The largest absolute Gasteiger partial charge is 0.363 e.